The lowest BCUT2D eigenvalue weighted by molar-refractivity contribution is -0.122. The van der Waals surface area contributed by atoms with Crippen LogP contribution in [0.15, 0.2) is 57.9 Å². The maximum Gasteiger partial charge on any atom is 0.335 e. The van der Waals surface area contributed by atoms with Gasteiger partial charge in [-0.15, -0.1) is 0 Å². The Bertz CT molecular complexity index is 1040. The van der Waals surface area contributed by atoms with Crippen LogP contribution >= 0.6 is 39.9 Å². The Morgan fingerprint density at radius 1 is 1.20 bits per heavy atom. The van der Waals surface area contributed by atoms with E-state index in [4.69, 9.17) is 17.3 Å². The van der Waals surface area contributed by atoms with Gasteiger partial charge in [0.05, 0.1) is 10.5 Å². The molecule has 0 aromatic heterocycles. The molecule has 0 saturated carbocycles. The van der Waals surface area contributed by atoms with Crippen molar-refractivity contribution in [1.82, 2.24) is 4.90 Å². The number of carbonyl (C=O) groups is 3. The average Bonchev–Trinajstić information content (AvgIpc) is 2.95. The number of nitrogens with one attached hydrogen (secondary N) is 1. The number of benzene rings is 2. The summed E-state index contributed by atoms with van der Waals surface area (Å²) in [5.41, 5.74) is 1.57. The zero-order valence-electron chi connectivity index (χ0n) is 15.6. The third-order valence-corrected chi connectivity index (χ3v) is 6.09. The van der Waals surface area contributed by atoms with Crippen LogP contribution in [0.2, 0.25) is 0 Å². The van der Waals surface area contributed by atoms with Crippen LogP contribution in [0.4, 0.5) is 5.69 Å². The molecule has 30 heavy (non-hydrogen) atoms. The Morgan fingerprint density at radius 3 is 2.60 bits per heavy atom. The quantitative estimate of drug-likeness (QED) is 0.417. The van der Waals surface area contributed by atoms with Gasteiger partial charge in [0.1, 0.15) is 4.32 Å². The van der Waals surface area contributed by atoms with E-state index in [1.54, 1.807) is 6.08 Å². The summed E-state index contributed by atoms with van der Waals surface area (Å²) in [6, 6.07) is 13.6. The summed E-state index contributed by atoms with van der Waals surface area (Å²) in [5.74, 6) is -1.40. The number of halogens is 1. The Balaban J connectivity index is 1.51. The van der Waals surface area contributed by atoms with E-state index in [1.807, 2.05) is 24.3 Å². The molecule has 2 N–H and O–H groups in total. The van der Waals surface area contributed by atoms with Gasteiger partial charge in [-0.1, -0.05) is 52.0 Å². The molecular weight excluding hydrogens is 488 g/mol. The lowest BCUT2D eigenvalue weighted by atomic mass is 10.2. The van der Waals surface area contributed by atoms with E-state index < -0.39 is 5.97 Å². The summed E-state index contributed by atoms with van der Waals surface area (Å²) in [5, 5.41) is 11.6. The van der Waals surface area contributed by atoms with E-state index >= 15 is 0 Å². The third kappa shape index (κ3) is 5.78. The van der Waals surface area contributed by atoms with Gasteiger partial charge in [0.25, 0.3) is 5.91 Å². The smallest absolute Gasteiger partial charge is 0.335 e. The Labute approximate surface area is 191 Å². The van der Waals surface area contributed by atoms with Crippen molar-refractivity contribution in [1.29, 1.82) is 0 Å². The third-order valence-electron chi connectivity index (χ3n) is 4.22. The van der Waals surface area contributed by atoms with Crippen LogP contribution in [-0.2, 0) is 9.59 Å². The van der Waals surface area contributed by atoms with Crippen LogP contribution in [0.25, 0.3) is 6.08 Å². The van der Waals surface area contributed by atoms with E-state index in [1.165, 1.54) is 40.9 Å². The van der Waals surface area contributed by atoms with Crippen LogP contribution < -0.4 is 5.32 Å². The van der Waals surface area contributed by atoms with E-state index in [9.17, 15) is 14.4 Å². The van der Waals surface area contributed by atoms with Crippen LogP contribution in [0.5, 0.6) is 0 Å². The highest BCUT2D eigenvalue weighted by atomic mass is 79.9. The molecule has 0 spiro atoms. The number of nitrogens with zero attached hydrogens (tertiary/aromatic N) is 1. The van der Waals surface area contributed by atoms with Gasteiger partial charge in [-0.25, -0.2) is 4.79 Å². The first-order valence-corrected chi connectivity index (χ1v) is 11.0. The first-order valence-electron chi connectivity index (χ1n) is 8.97. The molecule has 3 rings (SSSR count). The number of carbonyl (C=O) groups excluding carboxylic acids is 2. The summed E-state index contributed by atoms with van der Waals surface area (Å²) < 4.78 is 1.40. The van der Waals surface area contributed by atoms with Gasteiger partial charge in [0.15, 0.2) is 0 Å². The molecule has 1 aliphatic rings. The van der Waals surface area contributed by atoms with E-state index in [2.05, 4.69) is 21.2 Å². The molecule has 0 radical (unpaired) electrons. The van der Waals surface area contributed by atoms with Gasteiger partial charge < -0.3 is 10.4 Å². The van der Waals surface area contributed by atoms with Crippen molar-refractivity contribution in [3.63, 3.8) is 0 Å². The van der Waals surface area contributed by atoms with E-state index in [-0.39, 0.29) is 23.8 Å². The van der Waals surface area contributed by atoms with Gasteiger partial charge in [0, 0.05) is 23.1 Å². The maximum absolute atomic E-state index is 12.6. The number of amides is 2. The molecule has 0 atom stereocenters. The normalized spacial score (nSPS) is 15.0. The Kier molecular flexibility index (Phi) is 7.41. The number of carboxylic acids is 1. The molecule has 0 unspecified atom stereocenters. The van der Waals surface area contributed by atoms with Gasteiger partial charge in [-0.2, -0.15) is 0 Å². The van der Waals surface area contributed by atoms with Crippen molar-refractivity contribution in [2.45, 2.75) is 12.8 Å². The summed E-state index contributed by atoms with van der Waals surface area (Å²) >= 11 is 9.99. The minimum Gasteiger partial charge on any atom is -0.478 e. The molecule has 0 aliphatic carbocycles. The summed E-state index contributed by atoms with van der Waals surface area (Å²) in [4.78, 5) is 37.7. The molecule has 1 heterocycles. The SMILES string of the molecule is O=C(CCCN1C(=O)/C(=C/c2cccc(Br)c2)SC1=S)Nc1ccc(C(=O)O)cc1. The van der Waals surface area contributed by atoms with Crippen molar-refractivity contribution < 1.29 is 19.5 Å². The molecule has 9 heteroatoms. The second-order valence-electron chi connectivity index (χ2n) is 6.42. The fourth-order valence-electron chi connectivity index (χ4n) is 2.76. The molecule has 6 nitrogen and oxygen atoms in total. The van der Waals surface area contributed by atoms with Crippen LogP contribution in [0.1, 0.15) is 28.8 Å². The topological polar surface area (TPSA) is 86.7 Å². The minimum absolute atomic E-state index is 0.151. The van der Waals surface area contributed by atoms with Crippen LogP contribution in [-0.4, -0.2) is 38.7 Å². The van der Waals surface area contributed by atoms with Crippen molar-refractivity contribution >= 4 is 73.8 Å². The molecule has 1 fully saturated rings. The van der Waals surface area contributed by atoms with Gasteiger partial charge in [-0.05, 0) is 54.5 Å². The number of aromatic carboxylic acids is 1. The maximum atomic E-state index is 12.6. The average molecular weight is 505 g/mol. The monoisotopic (exact) mass is 504 g/mol. The standard InChI is InChI=1S/C21H17BrN2O4S2/c22-15-4-1-3-13(11-15)12-17-19(26)24(21(29)30-17)10-2-5-18(25)23-16-8-6-14(7-9-16)20(27)28/h1,3-4,6-9,11-12H,2,5,10H2,(H,23,25)(H,27,28)/b17-12-. The van der Waals surface area contributed by atoms with Crippen LogP contribution in [0, 0.1) is 0 Å². The molecule has 0 bridgehead atoms. The first kappa shape index (κ1) is 22.2. The van der Waals surface area contributed by atoms with Gasteiger partial charge in [0.2, 0.25) is 5.91 Å². The zero-order valence-corrected chi connectivity index (χ0v) is 18.9. The second-order valence-corrected chi connectivity index (χ2v) is 9.01. The van der Waals surface area contributed by atoms with Crippen molar-refractivity contribution in [3.05, 3.63) is 69.0 Å². The highest BCUT2D eigenvalue weighted by molar-refractivity contribution is 9.10. The number of rotatable bonds is 7. The molecule has 1 saturated heterocycles. The highest BCUT2D eigenvalue weighted by Crippen LogP contribution is 2.33. The number of thiocarbonyl (C=S) groups is 1. The molecule has 1 aliphatic heterocycles. The fourth-order valence-corrected chi connectivity index (χ4v) is 4.48. The number of thioether (sulfide) groups is 1. The minimum atomic E-state index is -1.02. The van der Waals surface area contributed by atoms with Gasteiger partial charge >= 0.3 is 5.97 Å². The number of carboxylic acid groups (broad SMARTS) is 1. The number of anilines is 1. The molecular formula is C21H17BrN2O4S2. The predicted octanol–water partition coefficient (Wildman–Crippen LogP) is 4.77. The molecule has 154 valence electrons. The van der Waals surface area contributed by atoms with E-state index in [0.29, 0.717) is 27.9 Å². The summed E-state index contributed by atoms with van der Waals surface area (Å²) in [6.07, 6.45) is 2.47. The van der Waals surface area contributed by atoms with E-state index in [0.717, 1.165) is 10.0 Å². The highest BCUT2D eigenvalue weighted by Gasteiger charge is 2.31. The summed E-state index contributed by atoms with van der Waals surface area (Å²) in [7, 11) is 0. The Hall–Kier alpha value is -2.49. The first-order chi connectivity index (χ1) is 14.3. The van der Waals surface area contributed by atoms with Crippen molar-refractivity contribution in [2.24, 2.45) is 0 Å². The zero-order chi connectivity index (χ0) is 21.7. The largest absolute Gasteiger partial charge is 0.478 e. The van der Waals surface area contributed by atoms with Gasteiger partial charge in [-0.3, -0.25) is 14.5 Å². The molecule has 2 aromatic carbocycles. The fraction of sp³-hybridized carbons (Fsp3) is 0.143. The Morgan fingerprint density at radius 2 is 1.93 bits per heavy atom. The number of hydrogen-bond acceptors (Lipinski definition) is 5. The predicted molar refractivity (Wildman–Crippen MR) is 125 cm³/mol. The van der Waals surface area contributed by atoms with Crippen LogP contribution in [0.3, 0.4) is 0 Å². The lowest BCUT2D eigenvalue weighted by Gasteiger charge is -2.14. The number of hydrogen-bond donors (Lipinski definition) is 2. The second kappa shape index (κ2) is 10.0. The van der Waals surface area contributed by atoms with Crippen molar-refractivity contribution in [2.75, 3.05) is 11.9 Å². The lowest BCUT2D eigenvalue weighted by Crippen LogP contribution is -2.29. The molecule has 2 aromatic rings. The van der Waals surface area contributed by atoms with Crippen molar-refractivity contribution in [3.8, 4) is 0 Å². The molecule has 2 amide bonds. The summed E-state index contributed by atoms with van der Waals surface area (Å²) in [6.45, 7) is 0.353.